The van der Waals surface area contributed by atoms with Gasteiger partial charge in [-0.3, -0.25) is 29.0 Å². The molecule has 2 aromatic heterocycles. The first-order chi connectivity index (χ1) is 39.9. The highest BCUT2D eigenvalue weighted by Crippen LogP contribution is 2.46. The number of nitriles is 1. The van der Waals surface area contributed by atoms with Crippen LogP contribution < -0.4 is 19.9 Å². The van der Waals surface area contributed by atoms with Crippen molar-refractivity contribution in [1.29, 1.82) is 5.26 Å². The molecular weight excluding hydrogens is 1110 g/mol. The van der Waals surface area contributed by atoms with E-state index in [1.165, 1.54) is 28.0 Å². The summed E-state index contributed by atoms with van der Waals surface area (Å²) in [5, 5.41) is 15.9. The molecule has 0 unspecified atom stereocenters. The number of urea groups is 1. The number of benzene rings is 4. The number of hydrogen-bond donors (Lipinski definition) is 1. The number of aromatic nitrogens is 3. The van der Waals surface area contributed by atoms with E-state index in [1.807, 2.05) is 44.2 Å². The second-order valence-corrected chi connectivity index (χ2v) is 21.3. The van der Waals surface area contributed by atoms with Gasteiger partial charge in [-0.25, -0.2) is 14.2 Å². The summed E-state index contributed by atoms with van der Waals surface area (Å²) >= 11 is 12.7. The predicted molar refractivity (Wildman–Crippen MR) is 309 cm³/mol. The number of pyridine rings is 1. The van der Waals surface area contributed by atoms with Crippen molar-refractivity contribution in [2.75, 3.05) is 86.1 Å². The third-order valence-electron chi connectivity index (χ3n) is 14.5. The highest BCUT2D eigenvalue weighted by molar-refractivity contribution is 6.30. The van der Waals surface area contributed by atoms with Gasteiger partial charge in [-0.1, -0.05) is 47.5 Å². The van der Waals surface area contributed by atoms with Crippen LogP contribution in [0.1, 0.15) is 89.4 Å². The molecule has 1 saturated heterocycles. The monoisotopic (exact) mass is 1170 g/mol. The largest absolute Gasteiger partial charge is 0.497 e. The van der Waals surface area contributed by atoms with Crippen LogP contribution in [0.2, 0.25) is 10.0 Å². The van der Waals surface area contributed by atoms with E-state index in [0.29, 0.717) is 55.5 Å². The molecule has 0 radical (unpaired) electrons. The number of nitrogen functional groups attached to an aromatic ring is 1. The number of anilines is 1. The fourth-order valence-corrected chi connectivity index (χ4v) is 10.4. The Bertz CT molecular complexity index is 3450. The quantitative estimate of drug-likeness (QED) is 0.0796. The Hall–Kier alpha value is -8.29. The smallest absolute Gasteiger partial charge is 0.326 e. The summed E-state index contributed by atoms with van der Waals surface area (Å²) in [7, 11) is 4.82. The molecule has 3 atom stereocenters. The molecule has 5 amide bonds. The number of piperazine rings is 1. The molecule has 2 bridgehead atoms. The standard InChI is InChI=1S/C60H64Cl2FN11O9/c1-36(2)82-51-32-43(79-6)16-18-45(51)57-67-55(38-7-11-40(61)12-8-38)56(39-9-13-41(62)14-10-39)74(57)60(78)72-24-23-71(53(76)35-72)26-28-81-30-29-80-27-21-52(75)69(4)22-25-73-50-34-70(5)59(77)44-17-15-42(63)31-46(44)37(3)83-58-47(65)19-20-48(66-58)54(50)49(33-64)68-73/h7-20,31-32,36-37,55-56H,21-30,34-35,65H2,1-6H3/t37-,55-,56+/m1/s1. The molecule has 0 aliphatic carbocycles. The summed E-state index contributed by atoms with van der Waals surface area (Å²) < 4.78 is 45.7. The summed E-state index contributed by atoms with van der Waals surface area (Å²) in [4.78, 5) is 74.0. The number of carbonyl (C=O) groups is 4. The number of ether oxygens (including phenoxy) is 5. The Labute approximate surface area is 490 Å². The number of nitrogens with zero attached hydrogens (tertiary/aromatic N) is 10. The van der Waals surface area contributed by atoms with Gasteiger partial charge in [0.25, 0.3) is 5.91 Å². The number of amides is 5. The zero-order chi connectivity index (χ0) is 59.1. The molecular formula is C60H64Cl2FN11O9. The summed E-state index contributed by atoms with van der Waals surface area (Å²) in [6, 6.07) is 27.7. The summed E-state index contributed by atoms with van der Waals surface area (Å²) in [5.74, 6) is 0.0575. The molecule has 20 nitrogen and oxygen atoms in total. The first-order valence-corrected chi connectivity index (χ1v) is 27.9. The number of nitrogens with two attached hydrogens (primary N) is 1. The van der Waals surface area contributed by atoms with Crippen LogP contribution in [0.5, 0.6) is 17.4 Å². The minimum atomic E-state index is -0.805. The van der Waals surface area contributed by atoms with Crippen LogP contribution in [0.15, 0.2) is 102 Å². The van der Waals surface area contributed by atoms with Gasteiger partial charge in [0.15, 0.2) is 5.69 Å². The molecule has 434 valence electrons. The zero-order valence-corrected chi connectivity index (χ0v) is 48.4. The van der Waals surface area contributed by atoms with Crippen molar-refractivity contribution in [2.24, 2.45) is 4.99 Å². The lowest BCUT2D eigenvalue weighted by Gasteiger charge is -2.38. The lowest BCUT2D eigenvalue weighted by Crippen LogP contribution is -2.56. The van der Waals surface area contributed by atoms with Crippen LogP contribution in [0, 0.1) is 17.1 Å². The molecule has 6 aromatic rings. The van der Waals surface area contributed by atoms with E-state index < -0.39 is 35.9 Å². The number of amidine groups is 1. The third kappa shape index (κ3) is 13.5. The van der Waals surface area contributed by atoms with Gasteiger partial charge in [-0.15, -0.1) is 0 Å². The van der Waals surface area contributed by atoms with Gasteiger partial charge in [-0.05, 0) is 98.6 Å². The van der Waals surface area contributed by atoms with E-state index in [2.05, 4.69) is 16.2 Å². The van der Waals surface area contributed by atoms with Crippen LogP contribution in [0.4, 0.5) is 14.9 Å². The second kappa shape index (κ2) is 26.3. The number of carbonyl (C=O) groups excluding carboxylic acids is 4. The average molecular weight is 1170 g/mol. The molecule has 23 heteroatoms. The number of methoxy groups -OCH3 is 1. The third-order valence-corrected chi connectivity index (χ3v) is 15.0. The van der Waals surface area contributed by atoms with Crippen LogP contribution >= 0.6 is 23.2 Å². The maximum atomic E-state index is 15.1. The van der Waals surface area contributed by atoms with Gasteiger partial charge in [0, 0.05) is 67.5 Å². The Morgan fingerprint density at radius 1 is 0.892 bits per heavy atom. The zero-order valence-electron chi connectivity index (χ0n) is 46.9. The molecule has 1 fully saturated rings. The van der Waals surface area contributed by atoms with Crippen molar-refractivity contribution in [3.05, 3.63) is 152 Å². The normalized spacial score (nSPS) is 17.0. The van der Waals surface area contributed by atoms with Gasteiger partial charge in [-0.2, -0.15) is 10.4 Å². The lowest BCUT2D eigenvalue weighted by molar-refractivity contribution is -0.135. The van der Waals surface area contributed by atoms with Gasteiger partial charge >= 0.3 is 6.03 Å². The maximum absolute atomic E-state index is 15.1. The number of rotatable bonds is 18. The Morgan fingerprint density at radius 3 is 2.28 bits per heavy atom. The average Bonchev–Trinajstić information content (AvgIpc) is 2.61. The highest BCUT2D eigenvalue weighted by atomic mass is 35.5. The lowest BCUT2D eigenvalue weighted by atomic mass is 9.93. The summed E-state index contributed by atoms with van der Waals surface area (Å²) in [6.07, 6.45) is -0.949. The topological polar surface area (TPSA) is 224 Å². The highest BCUT2D eigenvalue weighted by Gasteiger charge is 2.46. The van der Waals surface area contributed by atoms with E-state index in [9.17, 15) is 24.0 Å². The van der Waals surface area contributed by atoms with E-state index in [1.54, 1.807) is 96.0 Å². The van der Waals surface area contributed by atoms with Crippen LogP contribution in [-0.4, -0.2) is 155 Å². The van der Waals surface area contributed by atoms with Crippen molar-refractivity contribution in [2.45, 2.75) is 64.6 Å². The molecule has 9 rings (SSSR count). The number of fused-ring (bicyclic) bond motifs is 5. The predicted octanol–water partition coefficient (Wildman–Crippen LogP) is 8.76. The van der Waals surface area contributed by atoms with E-state index in [-0.39, 0.29) is 119 Å². The molecule has 0 saturated carbocycles. The van der Waals surface area contributed by atoms with Crippen molar-refractivity contribution in [3.8, 4) is 34.7 Å². The molecule has 3 aliphatic heterocycles. The maximum Gasteiger partial charge on any atom is 0.326 e. The summed E-state index contributed by atoms with van der Waals surface area (Å²) in [6.45, 7) is 7.22. The van der Waals surface area contributed by atoms with Gasteiger partial charge in [0.2, 0.25) is 17.7 Å². The number of halogens is 3. The minimum absolute atomic E-state index is 0.00348. The number of likely N-dealkylation sites (N-methyl/N-ethyl adjacent to an activating group) is 1. The van der Waals surface area contributed by atoms with Crippen LogP contribution in [0.3, 0.4) is 0 Å². The minimum Gasteiger partial charge on any atom is -0.497 e. The first-order valence-electron chi connectivity index (χ1n) is 27.1. The van der Waals surface area contributed by atoms with Gasteiger partial charge in [0.1, 0.15) is 47.9 Å². The van der Waals surface area contributed by atoms with Gasteiger partial charge < -0.3 is 49.0 Å². The Kier molecular flexibility index (Phi) is 18.8. The number of aliphatic imine (C=N–C) groups is 1. The van der Waals surface area contributed by atoms with Crippen molar-refractivity contribution >= 4 is 58.5 Å². The van der Waals surface area contributed by atoms with E-state index in [0.717, 1.165) is 11.1 Å². The summed E-state index contributed by atoms with van der Waals surface area (Å²) in [5.41, 5.74) is 10.4. The van der Waals surface area contributed by atoms with Crippen LogP contribution in [-0.2, 0) is 32.2 Å². The van der Waals surface area contributed by atoms with Crippen molar-refractivity contribution in [3.63, 3.8) is 0 Å². The molecule has 0 spiro atoms. The molecule has 4 aromatic carbocycles. The van der Waals surface area contributed by atoms with Gasteiger partial charge in [0.05, 0.1) is 93.4 Å². The fourth-order valence-electron chi connectivity index (χ4n) is 10.2. The Balaban J connectivity index is 0.776. The molecule has 83 heavy (non-hydrogen) atoms. The fraction of sp³-hybridized carbons (Fsp3) is 0.367. The van der Waals surface area contributed by atoms with E-state index >= 15 is 4.79 Å². The second-order valence-electron chi connectivity index (χ2n) is 20.5. The molecule has 2 N–H and O–H groups in total. The van der Waals surface area contributed by atoms with Crippen LogP contribution in [0.25, 0.3) is 11.3 Å². The number of hydrogen-bond acceptors (Lipinski definition) is 14. The van der Waals surface area contributed by atoms with Crippen molar-refractivity contribution in [1.82, 2.24) is 39.3 Å². The SMILES string of the molecule is COc1ccc(C2=N[C@H](c3ccc(Cl)cc3)[C@H](c3ccc(Cl)cc3)N2C(=O)N2CCN(CCOCCOCCC(=O)N(C)CCn3nc(C#N)c4c3CN(C)C(=O)c3ccc(F)cc3[C@@H](C)Oc3nc-4ccc3N)C(=O)C2)c(OC(C)C)c1. The molecule has 5 heterocycles. The Morgan fingerprint density at radius 2 is 1.59 bits per heavy atom. The van der Waals surface area contributed by atoms with E-state index in [4.69, 9.17) is 57.6 Å². The first kappa shape index (κ1) is 59.3. The molecule has 3 aliphatic rings. The van der Waals surface area contributed by atoms with Crippen molar-refractivity contribution < 1.29 is 47.3 Å².